The summed E-state index contributed by atoms with van der Waals surface area (Å²) in [5.41, 5.74) is -0.788. The van der Waals surface area contributed by atoms with Crippen LogP contribution >= 0.6 is 11.6 Å². The molecule has 0 aliphatic rings. The standard InChI is InChI=1S/C19H15ClFN3O3/c20-14-7-5-13(6-8-14)11-23-9-10-24(19(27)18(23)26)12-17(25)22-16-4-2-1-3-15(16)21/h1-10H,11-12H2,(H,22,25). The van der Waals surface area contributed by atoms with Crippen LogP contribution < -0.4 is 16.4 Å². The van der Waals surface area contributed by atoms with E-state index in [1.54, 1.807) is 30.3 Å². The van der Waals surface area contributed by atoms with E-state index in [0.717, 1.165) is 10.1 Å². The number of carbonyl (C=O) groups is 1. The van der Waals surface area contributed by atoms with Crippen molar-refractivity contribution in [2.45, 2.75) is 13.1 Å². The first-order valence-electron chi connectivity index (χ1n) is 8.03. The van der Waals surface area contributed by atoms with Crippen LogP contribution in [0.2, 0.25) is 5.02 Å². The van der Waals surface area contributed by atoms with E-state index in [9.17, 15) is 18.8 Å². The van der Waals surface area contributed by atoms with E-state index in [2.05, 4.69) is 5.32 Å². The van der Waals surface area contributed by atoms with Crippen LogP contribution in [0.4, 0.5) is 10.1 Å². The van der Waals surface area contributed by atoms with Crippen molar-refractivity contribution in [3.05, 3.63) is 98.0 Å². The zero-order chi connectivity index (χ0) is 19.4. The fourth-order valence-corrected chi connectivity index (χ4v) is 2.61. The Kier molecular flexibility index (Phi) is 5.52. The third-order valence-corrected chi connectivity index (χ3v) is 4.11. The minimum absolute atomic E-state index is 0.00614. The molecule has 0 saturated heterocycles. The minimum atomic E-state index is -0.838. The molecule has 0 aliphatic heterocycles. The molecule has 0 bridgehead atoms. The molecule has 0 spiro atoms. The summed E-state index contributed by atoms with van der Waals surface area (Å²) in [5, 5.41) is 2.94. The van der Waals surface area contributed by atoms with E-state index in [1.165, 1.54) is 35.2 Å². The van der Waals surface area contributed by atoms with Gasteiger partial charge in [-0.15, -0.1) is 0 Å². The monoisotopic (exact) mass is 387 g/mol. The van der Waals surface area contributed by atoms with Gasteiger partial charge in [-0.25, -0.2) is 4.39 Å². The van der Waals surface area contributed by atoms with E-state index in [4.69, 9.17) is 11.6 Å². The van der Waals surface area contributed by atoms with Gasteiger partial charge >= 0.3 is 11.1 Å². The van der Waals surface area contributed by atoms with Crippen molar-refractivity contribution in [2.75, 3.05) is 5.32 Å². The number of carbonyl (C=O) groups excluding carboxylic acids is 1. The molecule has 8 heteroatoms. The van der Waals surface area contributed by atoms with Crippen molar-refractivity contribution >= 4 is 23.2 Å². The zero-order valence-corrected chi connectivity index (χ0v) is 14.8. The normalized spacial score (nSPS) is 10.6. The Morgan fingerprint density at radius 3 is 2.30 bits per heavy atom. The maximum absolute atomic E-state index is 13.6. The SMILES string of the molecule is O=C(Cn1ccn(Cc2ccc(Cl)cc2)c(=O)c1=O)Nc1ccccc1F. The van der Waals surface area contributed by atoms with E-state index in [-0.39, 0.29) is 12.2 Å². The quantitative estimate of drug-likeness (QED) is 0.683. The molecule has 0 fully saturated rings. The number of nitrogens with zero attached hydrogens (tertiary/aromatic N) is 2. The highest BCUT2D eigenvalue weighted by molar-refractivity contribution is 6.30. The number of hydrogen-bond acceptors (Lipinski definition) is 3. The van der Waals surface area contributed by atoms with E-state index in [1.807, 2.05) is 0 Å². The van der Waals surface area contributed by atoms with Crippen LogP contribution in [-0.2, 0) is 17.9 Å². The second-order valence-corrected chi connectivity index (χ2v) is 6.26. The highest BCUT2D eigenvalue weighted by Gasteiger charge is 2.11. The van der Waals surface area contributed by atoms with Crippen LogP contribution in [0.15, 0.2) is 70.5 Å². The van der Waals surface area contributed by atoms with Gasteiger partial charge in [0, 0.05) is 17.4 Å². The molecular formula is C19H15ClFN3O3. The number of hydrogen-bond donors (Lipinski definition) is 1. The molecule has 6 nitrogen and oxygen atoms in total. The first-order chi connectivity index (χ1) is 12.9. The average Bonchev–Trinajstić information content (AvgIpc) is 2.65. The third-order valence-electron chi connectivity index (χ3n) is 3.86. The van der Waals surface area contributed by atoms with Gasteiger partial charge in [0.05, 0.1) is 12.2 Å². The molecule has 0 radical (unpaired) electrons. The van der Waals surface area contributed by atoms with Crippen molar-refractivity contribution in [2.24, 2.45) is 0 Å². The van der Waals surface area contributed by atoms with Gasteiger partial charge in [0.2, 0.25) is 5.91 Å². The molecular weight excluding hydrogens is 373 g/mol. The first-order valence-corrected chi connectivity index (χ1v) is 8.40. The second kappa shape index (κ2) is 8.01. The molecule has 0 aliphatic carbocycles. The maximum Gasteiger partial charge on any atom is 0.316 e. The molecule has 1 N–H and O–H groups in total. The van der Waals surface area contributed by atoms with Crippen molar-refractivity contribution in [1.29, 1.82) is 0 Å². The number of aromatic nitrogens is 2. The molecule has 3 rings (SSSR count). The second-order valence-electron chi connectivity index (χ2n) is 5.82. The molecule has 1 aromatic heterocycles. The van der Waals surface area contributed by atoms with Gasteiger partial charge in [-0.2, -0.15) is 0 Å². The van der Waals surface area contributed by atoms with E-state index in [0.29, 0.717) is 5.02 Å². The number of halogens is 2. The van der Waals surface area contributed by atoms with Crippen LogP contribution in [0.5, 0.6) is 0 Å². The zero-order valence-electron chi connectivity index (χ0n) is 14.1. The Labute approximate surface area is 158 Å². The highest BCUT2D eigenvalue weighted by atomic mass is 35.5. The van der Waals surface area contributed by atoms with Crippen LogP contribution in [-0.4, -0.2) is 15.0 Å². The molecule has 0 atom stereocenters. The summed E-state index contributed by atoms with van der Waals surface area (Å²) in [4.78, 5) is 36.6. The molecule has 0 saturated carbocycles. The number of para-hydroxylation sites is 1. The molecule has 1 amide bonds. The number of anilines is 1. The summed E-state index contributed by atoms with van der Waals surface area (Å²) in [6.45, 7) is -0.197. The molecule has 27 heavy (non-hydrogen) atoms. The number of benzene rings is 2. The van der Waals surface area contributed by atoms with Crippen LogP contribution in [0.25, 0.3) is 0 Å². The van der Waals surface area contributed by atoms with Crippen molar-refractivity contribution in [3.8, 4) is 0 Å². The van der Waals surface area contributed by atoms with Gasteiger partial charge in [-0.1, -0.05) is 35.9 Å². The van der Waals surface area contributed by atoms with Gasteiger partial charge < -0.3 is 9.88 Å². The van der Waals surface area contributed by atoms with Gasteiger partial charge in [-0.3, -0.25) is 19.0 Å². The van der Waals surface area contributed by atoms with Crippen molar-refractivity contribution in [3.63, 3.8) is 0 Å². The molecule has 3 aromatic rings. The predicted molar refractivity (Wildman–Crippen MR) is 101 cm³/mol. The van der Waals surface area contributed by atoms with Crippen molar-refractivity contribution in [1.82, 2.24) is 9.13 Å². The Hall–Kier alpha value is -3.19. The summed E-state index contributed by atoms with van der Waals surface area (Å²) in [7, 11) is 0. The summed E-state index contributed by atoms with van der Waals surface area (Å²) in [6, 6.07) is 12.6. The number of amides is 1. The first kappa shape index (κ1) is 18.6. The average molecular weight is 388 g/mol. The highest BCUT2D eigenvalue weighted by Crippen LogP contribution is 2.12. The lowest BCUT2D eigenvalue weighted by molar-refractivity contribution is -0.116. The summed E-state index contributed by atoms with van der Waals surface area (Å²) in [5.74, 6) is -1.20. The van der Waals surface area contributed by atoms with Crippen molar-refractivity contribution < 1.29 is 9.18 Å². The Morgan fingerprint density at radius 2 is 1.59 bits per heavy atom. The molecule has 1 heterocycles. The summed E-state index contributed by atoms with van der Waals surface area (Å²) in [6.07, 6.45) is 2.77. The fourth-order valence-electron chi connectivity index (χ4n) is 2.48. The summed E-state index contributed by atoms with van der Waals surface area (Å²) < 4.78 is 15.8. The Bertz CT molecular complexity index is 1090. The largest absolute Gasteiger partial charge is 0.322 e. The number of nitrogens with one attached hydrogen (secondary N) is 1. The van der Waals surface area contributed by atoms with E-state index < -0.39 is 29.4 Å². The molecule has 2 aromatic carbocycles. The van der Waals surface area contributed by atoms with Crippen LogP contribution in [0, 0.1) is 5.82 Å². The van der Waals surface area contributed by atoms with Gasteiger partial charge in [0.25, 0.3) is 0 Å². The lowest BCUT2D eigenvalue weighted by atomic mass is 10.2. The fraction of sp³-hybridized carbons (Fsp3) is 0.105. The Morgan fingerprint density at radius 1 is 0.963 bits per heavy atom. The van der Waals surface area contributed by atoms with Gasteiger partial charge in [0.15, 0.2) is 0 Å². The minimum Gasteiger partial charge on any atom is -0.322 e. The lowest BCUT2D eigenvalue weighted by Crippen LogP contribution is -2.42. The summed E-state index contributed by atoms with van der Waals surface area (Å²) >= 11 is 5.82. The Balaban J connectivity index is 1.75. The maximum atomic E-state index is 13.6. The molecule has 138 valence electrons. The van der Waals surface area contributed by atoms with Gasteiger partial charge in [0.1, 0.15) is 12.4 Å². The van der Waals surface area contributed by atoms with Crippen LogP contribution in [0.1, 0.15) is 5.56 Å². The third kappa shape index (κ3) is 4.51. The molecule has 0 unspecified atom stereocenters. The smallest absolute Gasteiger partial charge is 0.316 e. The lowest BCUT2D eigenvalue weighted by Gasteiger charge is -2.10. The predicted octanol–water partition coefficient (Wildman–Crippen LogP) is 2.49. The van der Waals surface area contributed by atoms with E-state index >= 15 is 0 Å². The van der Waals surface area contributed by atoms with Gasteiger partial charge in [-0.05, 0) is 29.8 Å². The topological polar surface area (TPSA) is 73.1 Å². The van der Waals surface area contributed by atoms with Crippen LogP contribution in [0.3, 0.4) is 0 Å². The number of rotatable bonds is 5.